The number of Topliss-reactive ketones (excluding diaryl/α,β-unsaturated/α-hetero) is 2. The Bertz CT molecular complexity index is 767. The fourth-order valence-corrected chi connectivity index (χ4v) is 4.02. The summed E-state index contributed by atoms with van der Waals surface area (Å²) in [4.78, 5) is 45.7. The third kappa shape index (κ3) is 4.15. The predicted molar refractivity (Wildman–Crippen MR) is 95.5 cm³/mol. The fraction of sp³-hybridized carbons (Fsp3) is 0.125. The maximum atomic E-state index is 11.3. The second kappa shape index (κ2) is 7.98. The van der Waals surface area contributed by atoms with Gasteiger partial charge >= 0.3 is 0 Å². The molecule has 0 aliphatic heterocycles. The van der Waals surface area contributed by atoms with Crippen molar-refractivity contribution in [3.63, 3.8) is 0 Å². The molecule has 0 fully saturated rings. The molecule has 0 aliphatic carbocycles. The summed E-state index contributed by atoms with van der Waals surface area (Å²) in [5.41, 5.74) is 1.11. The Morgan fingerprint density at radius 2 is 1.12 bits per heavy atom. The summed E-state index contributed by atoms with van der Waals surface area (Å²) in [6.45, 7) is 2.81. The number of benzene rings is 2. The van der Waals surface area contributed by atoms with Gasteiger partial charge in [0, 0.05) is 20.9 Å². The summed E-state index contributed by atoms with van der Waals surface area (Å²) in [6, 6.07) is 9.33. The lowest BCUT2D eigenvalue weighted by Gasteiger charge is -2.06. The molecule has 0 aromatic heterocycles. The lowest BCUT2D eigenvalue weighted by Crippen LogP contribution is -1.91. The molecule has 0 bridgehead atoms. The standard InChI is InChI=1S/C16H12N2O4S2/c1-9(19)11-3-5-15(13(7-11)17-21)23-24-16-6-4-12(10(2)20)8-14(16)18-22/h3-8H,1-2H3. The van der Waals surface area contributed by atoms with Gasteiger partial charge in [-0.1, -0.05) is 33.7 Å². The Labute approximate surface area is 145 Å². The van der Waals surface area contributed by atoms with Gasteiger partial charge in [0.25, 0.3) is 0 Å². The van der Waals surface area contributed by atoms with E-state index in [0.717, 1.165) is 0 Å². The summed E-state index contributed by atoms with van der Waals surface area (Å²) in [7, 11) is 2.43. The lowest BCUT2D eigenvalue weighted by molar-refractivity contribution is 0.100. The first kappa shape index (κ1) is 18.0. The predicted octanol–water partition coefficient (Wildman–Crippen LogP) is 5.69. The highest BCUT2D eigenvalue weighted by atomic mass is 33.1. The number of carbonyl (C=O) groups is 2. The van der Waals surface area contributed by atoms with E-state index in [2.05, 4.69) is 10.4 Å². The highest BCUT2D eigenvalue weighted by molar-refractivity contribution is 8.76. The molecule has 0 unspecified atom stereocenters. The molecule has 2 aromatic rings. The second-order valence-corrected chi connectivity index (χ2v) is 7.04. The molecule has 0 saturated carbocycles. The second-order valence-electron chi connectivity index (χ2n) is 4.83. The first-order valence-electron chi connectivity index (χ1n) is 6.77. The van der Waals surface area contributed by atoms with Crippen LogP contribution in [-0.2, 0) is 0 Å². The average molecular weight is 360 g/mol. The molecule has 0 radical (unpaired) electrons. The number of ketones is 2. The van der Waals surface area contributed by atoms with Crippen molar-refractivity contribution in [1.82, 2.24) is 0 Å². The van der Waals surface area contributed by atoms with Crippen LogP contribution in [0.15, 0.2) is 56.5 Å². The Hall–Kier alpha value is -2.32. The molecule has 2 rings (SSSR count). The maximum Gasteiger partial charge on any atom is 0.159 e. The molecule has 0 amide bonds. The van der Waals surface area contributed by atoms with Gasteiger partial charge in [-0.15, -0.1) is 9.81 Å². The first-order valence-corrected chi connectivity index (χ1v) is 8.92. The lowest BCUT2D eigenvalue weighted by atomic mass is 10.1. The van der Waals surface area contributed by atoms with Crippen molar-refractivity contribution in [3.8, 4) is 0 Å². The van der Waals surface area contributed by atoms with Gasteiger partial charge in [0.2, 0.25) is 0 Å². The van der Waals surface area contributed by atoms with Gasteiger partial charge in [-0.3, -0.25) is 9.59 Å². The van der Waals surface area contributed by atoms with Crippen LogP contribution in [0, 0.1) is 9.81 Å². The first-order chi connectivity index (χ1) is 11.5. The third-order valence-electron chi connectivity index (χ3n) is 3.15. The zero-order valence-corrected chi connectivity index (χ0v) is 14.4. The maximum absolute atomic E-state index is 11.3. The van der Waals surface area contributed by atoms with Gasteiger partial charge in [0.05, 0.1) is 0 Å². The van der Waals surface area contributed by atoms with E-state index in [4.69, 9.17) is 0 Å². The van der Waals surface area contributed by atoms with Crippen LogP contribution in [0.4, 0.5) is 11.4 Å². The van der Waals surface area contributed by atoms with E-state index in [1.54, 1.807) is 24.3 Å². The normalized spacial score (nSPS) is 10.2. The quantitative estimate of drug-likeness (QED) is 0.358. The van der Waals surface area contributed by atoms with Crippen molar-refractivity contribution in [3.05, 3.63) is 57.3 Å². The molecule has 0 saturated heterocycles. The van der Waals surface area contributed by atoms with E-state index < -0.39 is 0 Å². The number of hydrogen-bond acceptors (Lipinski definition) is 8. The van der Waals surface area contributed by atoms with Crippen LogP contribution in [0.5, 0.6) is 0 Å². The van der Waals surface area contributed by atoms with Crippen molar-refractivity contribution < 1.29 is 9.59 Å². The highest BCUT2D eigenvalue weighted by Crippen LogP contribution is 2.45. The van der Waals surface area contributed by atoms with Crippen LogP contribution in [0.2, 0.25) is 0 Å². The molecule has 8 heteroatoms. The highest BCUT2D eigenvalue weighted by Gasteiger charge is 2.12. The van der Waals surface area contributed by atoms with Crippen LogP contribution in [0.1, 0.15) is 34.6 Å². The van der Waals surface area contributed by atoms with Gasteiger partial charge < -0.3 is 0 Å². The minimum Gasteiger partial charge on any atom is -0.295 e. The molecular formula is C16H12N2O4S2. The number of rotatable bonds is 7. The largest absolute Gasteiger partial charge is 0.295 e. The topological polar surface area (TPSA) is 93.0 Å². The number of nitrogens with zero attached hydrogens (tertiary/aromatic N) is 2. The Kier molecular flexibility index (Phi) is 5.99. The van der Waals surface area contributed by atoms with Crippen molar-refractivity contribution in [2.75, 3.05) is 0 Å². The molecule has 122 valence electrons. The Morgan fingerprint density at radius 1 is 0.750 bits per heavy atom. The van der Waals surface area contributed by atoms with Crippen molar-refractivity contribution >= 4 is 44.5 Å². The van der Waals surface area contributed by atoms with E-state index in [1.807, 2.05) is 0 Å². The number of nitroso groups, excluding NO2 is 2. The van der Waals surface area contributed by atoms with Crippen molar-refractivity contribution in [2.24, 2.45) is 10.4 Å². The SMILES string of the molecule is CC(=O)c1ccc(SSc2ccc(C(C)=O)cc2N=O)c(N=O)c1. The molecule has 0 heterocycles. The van der Waals surface area contributed by atoms with Gasteiger partial charge in [0.1, 0.15) is 11.4 Å². The molecule has 0 spiro atoms. The van der Waals surface area contributed by atoms with E-state index in [0.29, 0.717) is 20.9 Å². The van der Waals surface area contributed by atoms with Gasteiger partial charge in [-0.05, 0) is 48.5 Å². The summed E-state index contributed by atoms with van der Waals surface area (Å²) < 4.78 is 0. The molecule has 6 nitrogen and oxygen atoms in total. The molecule has 0 atom stereocenters. The molecule has 24 heavy (non-hydrogen) atoms. The van der Waals surface area contributed by atoms with E-state index >= 15 is 0 Å². The van der Waals surface area contributed by atoms with Gasteiger partial charge in [-0.2, -0.15) is 0 Å². The van der Waals surface area contributed by atoms with E-state index in [9.17, 15) is 19.4 Å². The van der Waals surface area contributed by atoms with Crippen LogP contribution in [0.3, 0.4) is 0 Å². The third-order valence-corrected chi connectivity index (χ3v) is 5.61. The molecule has 2 aromatic carbocycles. The van der Waals surface area contributed by atoms with Crippen LogP contribution >= 0.6 is 21.6 Å². The van der Waals surface area contributed by atoms with Crippen LogP contribution < -0.4 is 0 Å². The smallest absolute Gasteiger partial charge is 0.159 e. The molecule has 0 aliphatic rings. The zero-order chi connectivity index (χ0) is 17.7. The summed E-state index contributed by atoms with van der Waals surface area (Å²) >= 11 is 0. The van der Waals surface area contributed by atoms with E-state index in [-0.39, 0.29) is 22.9 Å². The summed E-state index contributed by atoms with van der Waals surface area (Å²) in [6.07, 6.45) is 0. The molecule has 0 N–H and O–H groups in total. The van der Waals surface area contributed by atoms with E-state index in [1.165, 1.54) is 47.6 Å². The summed E-state index contributed by atoms with van der Waals surface area (Å²) in [5.74, 6) is -0.312. The van der Waals surface area contributed by atoms with Gasteiger partial charge in [-0.25, -0.2) is 0 Å². The fourth-order valence-electron chi connectivity index (χ4n) is 1.85. The molecular weight excluding hydrogens is 348 g/mol. The number of hydrogen-bond donors (Lipinski definition) is 0. The monoisotopic (exact) mass is 360 g/mol. The van der Waals surface area contributed by atoms with Crippen LogP contribution in [0.25, 0.3) is 0 Å². The minimum absolute atomic E-state index is 0.154. The minimum atomic E-state index is -0.156. The Morgan fingerprint density at radius 3 is 1.42 bits per heavy atom. The average Bonchev–Trinajstić information content (AvgIpc) is 2.59. The van der Waals surface area contributed by atoms with Crippen LogP contribution in [-0.4, -0.2) is 11.6 Å². The Balaban J connectivity index is 2.25. The van der Waals surface area contributed by atoms with Crippen molar-refractivity contribution in [2.45, 2.75) is 23.6 Å². The number of carbonyl (C=O) groups excluding carboxylic acids is 2. The summed E-state index contributed by atoms with van der Waals surface area (Å²) in [5, 5.41) is 5.88. The van der Waals surface area contributed by atoms with Gasteiger partial charge in [0.15, 0.2) is 11.6 Å². The van der Waals surface area contributed by atoms with Crippen molar-refractivity contribution in [1.29, 1.82) is 0 Å². The zero-order valence-electron chi connectivity index (χ0n) is 12.8.